The number of benzene rings is 1. The molecule has 1 fully saturated rings. The minimum absolute atomic E-state index is 0.0353. The molecule has 78 valence electrons. The predicted octanol–water partition coefficient (Wildman–Crippen LogP) is 2.40. The Bertz CT molecular complexity index is 381. The van der Waals surface area contributed by atoms with E-state index in [0.717, 1.165) is 10.0 Å². The van der Waals surface area contributed by atoms with E-state index in [1.54, 1.807) is 0 Å². The zero-order chi connectivity index (χ0) is 10.8. The van der Waals surface area contributed by atoms with Crippen LogP contribution in [0.4, 0.5) is 0 Å². The van der Waals surface area contributed by atoms with E-state index in [-0.39, 0.29) is 18.8 Å². The van der Waals surface area contributed by atoms with Gasteiger partial charge in [0.2, 0.25) is 0 Å². The smallest absolute Gasteiger partial charge is 0.314 e. The lowest BCUT2D eigenvalue weighted by Crippen LogP contribution is -2.24. The summed E-state index contributed by atoms with van der Waals surface area (Å²) in [5.74, 6) is -0.898. The number of carbonyl (C=O) groups excluding carboxylic acids is 2. The van der Waals surface area contributed by atoms with Crippen molar-refractivity contribution in [2.45, 2.75) is 18.8 Å². The van der Waals surface area contributed by atoms with Crippen LogP contribution in [-0.2, 0) is 14.3 Å². The predicted molar refractivity (Wildman–Crippen MR) is 57.2 cm³/mol. The van der Waals surface area contributed by atoms with Crippen molar-refractivity contribution in [3.05, 3.63) is 34.3 Å². The van der Waals surface area contributed by atoms with E-state index >= 15 is 0 Å². The first-order chi connectivity index (χ1) is 7.15. The summed E-state index contributed by atoms with van der Waals surface area (Å²) in [6.45, 7) is 0. The van der Waals surface area contributed by atoms with Crippen molar-refractivity contribution in [3.8, 4) is 0 Å². The molecule has 3 nitrogen and oxygen atoms in total. The van der Waals surface area contributed by atoms with Crippen LogP contribution < -0.4 is 0 Å². The lowest BCUT2D eigenvalue weighted by molar-refractivity contribution is -0.163. The monoisotopic (exact) mass is 268 g/mol. The second-order valence-corrected chi connectivity index (χ2v) is 4.42. The van der Waals surface area contributed by atoms with Crippen LogP contribution in [-0.4, -0.2) is 11.9 Å². The summed E-state index contributed by atoms with van der Waals surface area (Å²) in [5.41, 5.74) is 1.00. The Morgan fingerprint density at radius 1 is 1.07 bits per heavy atom. The van der Waals surface area contributed by atoms with Crippen LogP contribution in [0.1, 0.15) is 24.3 Å². The van der Waals surface area contributed by atoms with Gasteiger partial charge in [-0.25, -0.2) is 0 Å². The molecular formula is C11H9BrO3. The zero-order valence-electron chi connectivity index (χ0n) is 7.90. The Labute approximate surface area is 95.6 Å². The molecule has 4 heteroatoms. The van der Waals surface area contributed by atoms with E-state index in [0.29, 0.717) is 0 Å². The fourth-order valence-electron chi connectivity index (χ4n) is 1.66. The molecule has 2 rings (SSSR count). The molecule has 0 bridgehead atoms. The molecule has 0 unspecified atom stereocenters. The maximum absolute atomic E-state index is 11.1. The van der Waals surface area contributed by atoms with Crippen molar-refractivity contribution in [1.29, 1.82) is 0 Å². The average molecular weight is 269 g/mol. The van der Waals surface area contributed by atoms with E-state index in [4.69, 9.17) is 0 Å². The molecule has 0 aliphatic carbocycles. The zero-order valence-corrected chi connectivity index (χ0v) is 9.49. The first-order valence-electron chi connectivity index (χ1n) is 4.64. The van der Waals surface area contributed by atoms with Crippen molar-refractivity contribution in [2.24, 2.45) is 0 Å². The van der Waals surface area contributed by atoms with Gasteiger partial charge in [-0.1, -0.05) is 28.1 Å². The van der Waals surface area contributed by atoms with Gasteiger partial charge in [0.25, 0.3) is 0 Å². The average Bonchev–Trinajstić information content (AvgIpc) is 2.17. The molecule has 0 radical (unpaired) electrons. The summed E-state index contributed by atoms with van der Waals surface area (Å²) in [5, 5.41) is 0. The minimum Gasteiger partial charge on any atom is -0.393 e. The third kappa shape index (κ3) is 2.45. The maximum Gasteiger partial charge on any atom is 0.314 e. The fraction of sp³-hybridized carbons (Fsp3) is 0.273. The van der Waals surface area contributed by atoms with Gasteiger partial charge >= 0.3 is 11.9 Å². The van der Waals surface area contributed by atoms with Crippen LogP contribution in [0.2, 0.25) is 0 Å². The van der Waals surface area contributed by atoms with Gasteiger partial charge in [-0.05, 0) is 17.7 Å². The fourth-order valence-corrected chi connectivity index (χ4v) is 1.92. The van der Waals surface area contributed by atoms with E-state index in [9.17, 15) is 9.59 Å². The molecule has 15 heavy (non-hydrogen) atoms. The van der Waals surface area contributed by atoms with E-state index in [2.05, 4.69) is 20.7 Å². The summed E-state index contributed by atoms with van der Waals surface area (Å²) in [6.07, 6.45) is 0.570. The first-order valence-corrected chi connectivity index (χ1v) is 5.43. The number of cyclic esters (lactones) is 2. The van der Waals surface area contributed by atoms with Crippen LogP contribution in [0.3, 0.4) is 0 Å². The Hall–Kier alpha value is -1.16. The van der Waals surface area contributed by atoms with Gasteiger partial charge in [0.05, 0.1) is 12.8 Å². The largest absolute Gasteiger partial charge is 0.393 e. The molecule has 1 saturated heterocycles. The van der Waals surface area contributed by atoms with Crippen LogP contribution in [0.25, 0.3) is 0 Å². The number of carbonyl (C=O) groups is 2. The molecule has 1 aromatic carbocycles. The molecule has 0 amide bonds. The summed E-state index contributed by atoms with van der Waals surface area (Å²) >= 11 is 3.33. The SMILES string of the molecule is O=C1CC(c2ccc(Br)cc2)CC(=O)O1. The second kappa shape index (κ2) is 4.14. The quantitative estimate of drug-likeness (QED) is 0.580. The number of hydrogen-bond donors (Lipinski definition) is 0. The van der Waals surface area contributed by atoms with Crippen LogP contribution >= 0.6 is 15.9 Å². The highest BCUT2D eigenvalue weighted by Crippen LogP contribution is 2.28. The summed E-state index contributed by atoms with van der Waals surface area (Å²) in [7, 11) is 0. The highest BCUT2D eigenvalue weighted by molar-refractivity contribution is 9.10. The number of halogens is 1. The normalized spacial score (nSPS) is 17.7. The maximum atomic E-state index is 11.1. The second-order valence-electron chi connectivity index (χ2n) is 3.50. The highest BCUT2D eigenvalue weighted by Gasteiger charge is 2.27. The molecule has 0 aromatic heterocycles. The van der Waals surface area contributed by atoms with Crippen molar-refractivity contribution >= 4 is 27.9 Å². The van der Waals surface area contributed by atoms with Crippen LogP contribution in [0.5, 0.6) is 0 Å². The Morgan fingerprint density at radius 2 is 1.60 bits per heavy atom. The third-order valence-corrected chi connectivity index (χ3v) is 2.92. The third-order valence-electron chi connectivity index (χ3n) is 2.40. The van der Waals surface area contributed by atoms with Crippen LogP contribution in [0, 0.1) is 0 Å². The molecule has 1 aliphatic heterocycles. The molecule has 0 saturated carbocycles. The number of hydrogen-bond acceptors (Lipinski definition) is 3. The van der Waals surface area contributed by atoms with Crippen LogP contribution in [0.15, 0.2) is 28.7 Å². The van der Waals surface area contributed by atoms with Crippen molar-refractivity contribution in [3.63, 3.8) is 0 Å². The topological polar surface area (TPSA) is 43.4 Å². The first kappa shape index (κ1) is 10.4. The molecule has 0 atom stereocenters. The van der Waals surface area contributed by atoms with Crippen molar-refractivity contribution < 1.29 is 14.3 Å². The number of ether oxygens (including phenoxy) is 1. The highest BCUT2D eigenvalue weighted by atomic mass is 79.9. The van der Waals surface area contributed by atoms with Gasteiger partial charge in [0.1, 0.15) is 0 Å². The Kier molecular flexibility index (Phi) is 2.86. The molecule has 0 N–H and O–H groups in total. The molecular weight excluding hydrogens is 260 g/mol. The van der Waals surface area contributed by atoms with Crippen molar-refractivity contribution in [2.75, 3.05) is 0 Å². The van der Waals surface area contributed by atoms with Gasteiger partial charge < -0.3 is 4.74 Å². The minimum atomic E-state index is -0.431. The van der Waals surface area contributed by atoms with E-state index < -0.39 is 11.9 Å². The van der Waals surface area contributed by atoms with Gasteiger partial charge in [-0.15, -0.1) is 0 Å². The van der Waals surface area contributed by atoms with Gasteiger partial charge in [0, 0.05) is 10.4 Å². The Morgan fingerprint density at radius 3 is 2.13 bits per heavy atom. The molecule has 1 aromatic rings. The van der Waals surface area contributed by atoms with Gasteiger partial charge in [-0.3, -0.25) is 9.59 Å². The lowest BCUT2D eigenvalue weighted by atomic mass is 9.91. The van der Waals surface area contributed by atoms with E-state index in [1.807, 2.05) is 24.3 Å². The van der Waals surface area contributed by atoms with Crippen molar-refractivity contribution in [1.82, 2.24) is 0 Å². The standard InChI is InChI=1S/C11H9BrO3/c12-9-3-1-7(2-4-9)8-5-10(13)15-11(14)6-8/h1-4,8H,5-6H2. The molecule has 1 heterocycles. The van der Waals surface area contributed by atoms with Gasteiger partial charge in [0.15, 0.2) is 0 Å². The number of esters is 2. The number of rotatable bonds is 1. The summed E-state index contributed by atoms with van der Waals surface area (Å²) < 4.78 is 5.46. The molecule has 0 spiro atoms. The summed E-state index contributed by atoms with van der Waals surface area (Å²) in [4.78, 5) is 22.1. The molecule has 1 aliphatic rings. The lowest BCUT2D eigenvalue weighted by Gasteiger charge is -2.19. The Balaban J connectivity index is 2.19. The summed E-state index contributed by atoms with van der Waals surface area (Å²) in [6, 6.07) is 7.64. The van der Waals surface area contributed by atoms with Gasteiger partial charge in [-0.2, -0.15) is 0 Å². The van der Waals surface area contributed by atoms with E-state index in [1.165, 1.54) is 0 Å².